The highest BCUT2D eigenvalue weighted by atomic mass is 35.5. The van der Waals surface area contributed by atoms with Crippen LogP contribution in [0.3, 0.4) is 0 Å². The molecule has 0 fully saturated rings. The number of halogens is 1. The van der Waals surface area contributed by atoms with Crippen molar-refractivity contribution in [1.29, 1.82) is 0 Å². The smallest absolute Gasteiger partial charge is 0.300 e. The first-order valence-electron chi connectivity index (χ1n) is 5.76. The van der Waals surface area contributed by atoms with Gasteiger partial charge in [-0.2, -0.15) is 0 Å². The van der Waals surface area contributed by atoms with Crippen LogP contribution in [0.5, 0.6) is 0 Å². The van der Waals surface area contributed by atoms with Crippen LogP contribution in [-0.2, 0) is 0 Å². The molecule has 0 saturated heterocycles. The number of hydrogen-bond acceptors (Lipinski definition) is 5. The lowest BCUT2D eigenvalue weighted by Crippen LogP contribution is -2.14. The van der Waals surface area contributed by atoms with Gasteiger partial charge in [0, 0.05) is 10.6 Å². The molecular formula is C13H10ClN3O3S. The molecule has 0 aliphatic rings. The maximum atomic E-state index is 12.2. The molecule has 0 aliphatic carbocycles. The van der Waals surface area contributed by atoms with Crippen LogP contribution < -0.4 is 5.32 Å². The van der Waals surface area contributed by atoms with Crippen LogP contribution in [0.1, 0.15) is 10.4 Å². The summed E-state index contributed by atoms with van der Waals surface area (Å²) in [5, 5.41) is 13.6. The highest BCUT2D eigenvalue weighted by Gasteiger charge is 2.21. The molecule has 6 nitrogen and oxygen atoms in total. The number of benzene rings is 1. The van der Waals surface area contributed by atoms with Crippen LogP contribution in [-0.4, -0.2) is 22.1 Å². The molecule has 1 aromatic carbocycles. The maximum absolute atomic E-state index is 12.2. The molecule has 8 heteroatoms. The summed E-state index contributed by atoms with van der Waals surface area (Å²) in [6.07, 6.45) is 2.88. The number of anilines is 1. The third-order valence-electron chi connectivity index (χ3n) is 2.62. The van der Waals surface area contributed by atoms with Gasteiger partial charge < -0.3 is 5.32 Å². The monoisotopic (exact) mass is 323 g/mol. The number of nitrogens with one attached hydrogen (secondary N) is 1. The Labute approximate surface area is 129 Å². The molecule has 1 amide bonds. The van der Waals surface area contributed by atoms with Gasteiger partial charge in [-0.1, -0.05) is 17.7 Å². The summed E-state index contributed by atoms with van der Waals surface area (Å²) in [4.78, 5) is 27.0. The number of thioether (sulfide) groups is 1. The van der Waals surface area contributed by atoms with Crippen LogP contribution in [0.2, 0.25) is 5.15 Å². The van der Waals surface area contributed by atoms with E-state index in [1.54, 1.807) is 18.2 Å². The van der Waals surface area contributed by atoms with E-state index in [1.165, 1.54) is 17.8 Å². The topological polar surface area (TPSA) is 85.1 Å². The number of carbonyl (C=O) groups excluding carboxylic acids is 1. The molecule has 1 heterocycles. The van der Waals surface area contributed by atoms with E-state index in [9.17, 15) is 14.9 Å². The van der Waals surface area contributed by atoms with Crippen molar-refractivity contribution >= 4 is 40.6 Å². The number of aromatic nitrogens is 1. The predicted molar refractivity (Wildman–Crippen MR) is 82.1 cm³/mol. The Balaban J connectivity index is 2.31. The Kier molecular flexibility index (Phi) is 4.77. The first-order valence-corrected chi connectivity index (χ1v) is 7.37. The first-order chi connectivity index (χ1) is 10.0. The number of hydrogen-bond donors (Lipinski definition) is 1. The molecule has 2 aromatic rings. The molecule has 1 aromatic heterocycles. The van der Waals surface area contributed by atoms with Crippen LogP contribution in [0.15, 0.2) is 41.4 Å². The molecule has 21 heavy (non-hydrogen) atoms. The van der Waals surface area contributed by atoms with Gasteiger partial charge in [0.15, 0.2) is 0 Å². The largest absolute Gasteiger partial charge is 0.322 e. The number of rotatable bonds is 4. The predicted octanol–water partition coefficient (Wildman–Crippen LogP) is 3.62. The molecule has 0 aliphatic heterocycles. The fraction of sp³-hybridized carbons (Fsp3) is 0.0769. The van der Waals surface area contributed by atoms with E-state index in [0.717, 1.165) is 11.1 Å². The van der Waals surface area contributed by atoms with Crippen molar-refractivity contribution in [2.24, 2.45) is 0 Å². The molecule has 0 unspecified atom stereocenters. The van der Waals surface area contributed by atoms with Gasteiger partial charge >= 0.3 is 0 Å². The molecule has 1 N–H and O–H groups in total. The van der Waals surface area contributed by atoms with E-state index >= 15 is 0 Å². The fourth-order valence-electron chi connectivity index (χ4n) is 1.65. The molecule has 108 valence electrons. The molecular weight excluding hydrogens is 314 g/mol. The van der Waals surface area contributed by atoms with E-state index < -0.39 is 16.5 Å². The quantitative estimate of drug-likeness (QED) is 0.402. The zero-order valence-electron chi connectivity index (χ0n) is 10.9. The van der Waals surface area contributed by atoms with Crippen molar-refractivity contribution in [3.63, 3.8) is 0 Å². The van der Waals surface area contributed by atoms with Crippen LogP contribution >= 0.6 is 23.4 Å². The molecule has 0 bridgehead atoms. The summed E-state index contributed by atoms with van der Waals surface area (Å²) in [6, 6.07) is 8.33. The van der Waals surface area contributed by atoms with Gasteiger partial charge in [-0.3, -0.25) is 14.9 Å². The minimum absolute atomic E-state index is 0.0172. The lowest BCUT2D eigenvalue weighted by atomic mass is 10.2. The minimum Gasteiger partial charge on any atom is -0.322 e. The maximum Gasteiger partial charge on any atom is 0.300 e. The van der Waals surface area contributed by atoms with E-state index in [4.69, 9.17) is 11.6 Å². The number of carbonyl (C=O) groups is 1. The molecule has 0 saturated carbocycles. The van der Waals surface area contributed by atoms with Crippen molar-refractivity contribution in [3.05, 3.63) is 57.4 Å². The molecule has 0 atom stereocenters. The highest BCUT2D eigenvalue weighted by molar-refractivity contribution is 7.98. The normalized spacial score (nSPS) is 10.2. The summed E-state index contributed by atoms with van der Waals surface area (Å²) in [5.41, 5.74) is 0.0292. The molecule has 0 radical (unpaired) electrons. The zero-order chi connectivity index (χ0) is 15.4. The van der Waals surface area contributed by atoms with Gasteiger partial charge in [0.05, 0.1) is 4.92 Å². The summed E-state index contributed by atoms with van der Waals surface area (Å²) < 4.78 is 0. The van der Waals surface area contributed by atoms with Crippen molar-refractivity contribution in [1.82, 2.24) is 4.98 Å². The Morgan fingerprint density at radius 3 is 2.86 bits per heavy atom. The van der Waals surface area contributed by atoms with Crippen molar-refractivity contribution < 1.29 is 9.72 Å². The zero-order valence-corrected chi connectivity index (χ0v) is 12.4. The SMILES string of the molecule is CSc1cccc(NC(=O)c2cc(Cl)ncc2[N+](=O)[O-])c1. The van der Waals surface area contributed by atoms with Gasteiger partial charge in [-0.05, 0) is 30.5 Å². The Morgan fingerprint density at radius 2 is 2.19 bits per heavy atom. The summed E-state index contributed by atoms with van der Waals surface area (Å²) in [5.74, 6) is -0.607. The minimum atomic E-state index is -0.670. The van der Waals surface area contributed by atoms with Crippen molar-refractivity contribution in [2.45, 2.75) is 4.90 Å². The third-order valence-corrected chi connectivity index (χ3v) is 3.55. The Morgan fingerprint density at radius 1 is 1.43 bits per heavy atom. The first kappa shape index (κ1) is 15.3. The number of nitrogens with zero attached hydrogens (tertiary/aromatic N) is 2. The summed E-state index contributed by atoms with van der Waals surface area (Å²) in [7, 11) is 0. The highest BCUT2D eigenvalue weighted by Crippen LogP contribution is 2.23. The van der Waals surface area contributed by atoms with Gasteiger partial charge in [0.25, 0.3) is 11.6 Å². The average Bonchev–Trinajstić information content (AvgIpc) is 2.47. The summed E-state index contributed by atoms with van der Waals surface area (Å²) >= 11 is 7.22. The van der Waals surface area contributed by atoms with Gasteiger partial charge in [-0.15, -0.1) is 11.8 Å². The number of nitro groups is 1. The van der Waals surface area contributed by atoms with Crippen molar-refractivity contribution in [2.75, 3.05) is 11.6 Å². The lowest BCUT2D eigenvalue weighted by molar-refractivity contribution is -0.385. The number of amides is 1. The van der Waals surface area contributed by atoms with Gasteiger partial charge in [0.1, 0.15) is 16.9 Å². The lowest BCUT2D eigenvalue weighted by Gasteiger charge is -2.07. The third kappa shape index (κ3) is 3.71. The van der Waals surface area contributed by atoms with Crippen LogP contribution in [0.4, 0.5) is 11.4 Å². The average molecular weight is 324 g/mol. The van der Waals surface area contributed by atoms with E-state index in [0.29, 0.717) is 5.69 Å². The van der Waals surface area contributed by atoms with E-state index in [1.807, 2.05) is 12.3 Å². The molecule has 2 rings (SSSR count). The molecule has 0 spiro atoms. The number of pyridine rings is 1. The Bertz CT molecular complexity index is 709. The van der Waals surface area contributed by atoms with Crippen LogP contribution in [0.25, 0.3) is 0 Å². The Hall–Kier alpha value is -2.12. The van der Waals surface area contributed by atoms with Crippen LogP contribution in [0, 0.1) is 10.1 Å². The fourth-order valence-corrected chi connectivity index (χ4v) is 2.27. The second-order valence-electron chi connectivity index (χ2n) is 3.97. The van der Waals surface area contributed by atoms with E-state index in [-0.39, 0.29) is 10.7 Å². The van der Waals surface area contributed by atoms with Gasteiger partial charge in [0.2, 0.25) is 0 Å². The second kappa shape index (κ2) is 6.55. The van der Waals surface area contributed by atoms with Gasteiger partial charge in [-0.25, -0.2) is 4.98 Å². The van der Waals surface area contributed by atoms with E-state index in [2.05, 4.69) is 10.3 Å². The van der Waals surface area contributed by atoms with Crippen molar-refractivity contribution in [3.8, 4) is 0 Å². The summed E-state index contributed by atoms with van der Waals surface area (Å²) in [6.45, 7) is 0. The standard InChI is InChI=1S/C13H10ClN3O3S/c1-21-9-4-2-3-8(5-9)16-13(18)10-6-12(14)15-7-11(10)17(19)20/h2-7H,1H3,(H,16,18). The second-order valence-corrected chi connectivity index (χ2v) is 5.23.